The van der Waals surface area contributed by atoms with Gasteiger partial charge in [0.1, 0.15) is 0 Å². The highest BCUT2D eigenvalue weighted by atomic mass is 79.9. The highest BCUT2D eigenvalue weighted by Gasteiger charge is 2.37. The van der Waals surface area contributed by atoms with E-state index in [1.165, 1.54) is 0 Å². The SMILES string of the molecule is Cc1cccc(N2C[C@H](C(=O)OCC(=O)Nc3ccc(Br)c(Cl)c3C)CC2=O)c1C. The highest BCUT2D eigenvalue weighted by Crippen LogP contribution is 2.31. The molecule has 0 radical (unpaired) electrons. The fourth-order valence-corrected chi connectivity index (χ4v) is 3.95. The van der Waals surface area contributed by atoms with Crippen LogP contribution in [0.4, 0.5) is 11.4 Å². The van der Waals surface area contributed by atoms with Gasteiger partial charge in [-0.2, -0.15) is 0 Å². The maximum absolute atomic E-state index is 12.5. The predicted molar refractivity (Wildman–Crippen MR) is 120 cm³/mol. The summed E-state index contributed by atoms with van der Waals surface area (Å²) in [6, 6.07) is 9.17. The molecule has 1 fully saturated rings. The van der Waals surface area contributed by atoms with Crippen molar-refractivity contribution in [3.05, 3.63) is 56.5 Å². The Kier molecular flexibility index (Phi) is 6.83. The quantitative estimate of drug-likeness (QED) is 0.620. The summed E-state index contributed by atoms with van der Waals surface area (Å²) in [6.45, 7) is 5.51. The van der Waals surface area contributed by atoms with Crippen LogP contribution in [0.5, 0.6) is 0 Å². The third-order valence-electron chi connectivity index (χ3n) is 5.28. The van der Waals surface area contributed by atoms with E-state index in [2.05, 4.69) is 21.2 Å². The van der Waals surface area contributed by atoms with Crippen LogP contribution >= 0.6 is 27.5 Å². The van der Waals surface area contributed by atoms with Crippen LogP contribution in [0.25, 0.3) is 0 Å². The van der Waals surface area contributed by atoms with Crippen molar-refractivity contribution in [2.45, 2.75) is 27.2 Å². The third-order valence-corrected chi connectivity index (χ3v) is 6.66. The number of halogens is 2. The first kappa shape index (κ1) is 22.3. The summed E-state index contributed by atoms with van der Waals surface area (Å²) in [4.78, 5) is 38.7. The van der Waals surface area contributed by atoms with Crippen molar-refractivity contribution in [1.29, 1.82) is 0 Å². The Morgan fingerprint density at radius 1 is 1.20 bits per heavy atom. The number of esters is 1. The van der Waals surface area contributed by atoms with Crippen molar-refractivity contribution in [3.8, 4) is 0 Å². The van der Waals surface area contributed by atoms with Crippen molar-refractivity contribution in [1.82, 2.24) is 0 Å². The Morgan fingerprint density at radius 3 is 2.67 bits per heavy atom. The van der Waals surface area contributed by atoms with Crippen molar-refractivity contribution >= 4 is 56.7 Å². The normalized spacial score (nSPS) is 16.0. The summed E-state index contributed by atoms with van der Waals surface area (Å²) in [5, 5.41) is 3.18. The maximum atomic E-state index is 12.5. The van der Waals surface area contributed by atoms with E-state index in [4.69, 9.17) is 16.3 Å². The Bertz CT molecular complexity index is 1020. The summed E-state index contributed by atoms with van der Waals surface area (Å²) >= 11 is 9.48. The number of nitrogens with one attached hydrogen (secondary N) is 1. The van der Waals surface area contributed by atoms with E-state index in [1.54, 1.807) is 24.0 Å². The molecule has 1 aliphatic rings. The highest BCUT2D eigenvalue weighted by molar-refractivity contribution is 9.10. The number of carbonyl (C=O) groups is 3. The van der Waals surface area contributed by atoms with Gasteiger partial charge < -0.3 is 15.0 Å². The fourth-order valence-electron chi connectivity index (χ4n) is 3.35. The standard InChI is InChI=1S/C22H22BrClN2O4/c1-12-5-4-6-18(13(12)2)26-10-15(9-20(26)28)22(29)30-11-19(27)25-17-8-7-16(23)21(24)14(17)3/h4-8,15H,9-11H2,1-3H3,(H,25,27)/t15-/m1/s1. The van der Waals surface area contributed by atoms with Crippen LogP contribution in [0.2, 0.25) is 5.02 Å². The number of benzene rings is 2. The van der Waals surface area contributed by atoms with Gasteiger partial charge in [0.05, 0.1) is 10.9 Å². The van der Waals surface area contributed by atoms with Gasteiger partial charge in [0.25, 0.3) is 5.91 Å². The second-order valence-corrected chi connectivity index (χ2v) is 8.55. The average Bonchev–Trinajstić information content (AvgIpc) is 3.10. The summed E-state index contributed by atoms with van der Waals surface area (Å²) < 4.78 is 5.90. The Morgan fingerprint density at radius 2 is 1.93 bits per heavy atom. The van der Waals surface area contributed by atoms with Gasteiger partial charge in [-0.15, -0.1) is 0 Å². The van der Waals surface area contributed by atoms with Crippen LogP contribution in [-0.4, -0.2) is 30.9 Å². The smallest absolute Gasteiger partial charge is 0.311 e. The molecule has 0 bridgehead atoms. The molecule has 8 heteroatoms. The number of hydrogen-bond donors (Lipinski definition) is 1. The van der Waals surface area contributed by atoms with Crippen molar-refractivity contribution in [2.24, 2.45) is 5.92 Å². The molecule has 30 heavy (non-hydrogen) atoms. The number of hydrogen-bond acceptors (Lipinski definition) is 4. The largest absolute Gasteiger partial charge is 0.455 e. The Hall–Kier alpha value is -2.38. The van der Waals surface area contributed by atoms with Gasteiger partial charge >= 0.3 is 5.97 Å². The molecule has 6 nitrogen and oxygen atoms in total. The summed E-state index contributed by atoms with van der Waals surface area (Å²) in [7, 11) is 0. The van der Waals surface area contributed by atoms with E-state index in [-0.39, 0.29) is 18.9 Å². The van der Waals surface area contributed by atoms with Gasteiger partial charge in [-0.1, -0.05) is 23.7 Å². The molecule has 2 aromatic rings. The number of carbonyl (C=O) groups excluding carboxylic acids is 3. The Balaban J connectivity index is 1.58. The van der Waals surface area contributed by atoms with Gasteiger partial charge in [0.2, 0.25) is 5.91 Å². The molecule has 0 saturated carbocycles. The number of amides is 2. The van der Waals surface area contributed by atoms with Crippen LogP contribution in [0.3, 0.4) is 0 Å². The molecule has 1 heterocycles. The molecule has 2 amide bonds. The van der Waals surface area contributed by atoms with E-state index >= 15 is 0 Å². The molecule has 0 unspecified atom stereocenters. The first-order valence-corrected chi connectivity index (χ1v) is 10.6. The number of rotatable bonds is 5. The molecule has 158 valence electrons. The van der Waals surface area contributed by atoms with Gasteiger partial charge in [-0.25, -0.2) is 0 Å². The molecule has 1 aliphatic heterocycles. The van der Waals surface area contributed by atoms with E-state index < -0.39 is 24.4 Å². The summed E-state index contributed by atoms with van der Waals surface area (Å²) in [5.41, 5.74) is 4.13. The van der Waals surface area contributed by atoms with Crippen LogP contribution in [0.1, 0.15) is 23.1 Å². The van der Waals surface area contributed by atoms with Crippen LogP contribution in [-0.2, 0) is 19.1 Å². The lowest BCUT2D eigenvalue weighted by molar-refractivity contribution is -0.151. The minimum atomic E-state index is -0.603. The minimum absolute atomic E-state index is 0.0647. The third kappa shape index (κ3) is 4.68. The van der Waals surface area contributed by atoms with Crippen molar-refractivity contribution in [2.75, 3.05) is 23.4 Å². The topological polar surface area (TPSA) is 75.7 Å². The lowest BCUT2D eigenvalue weighted by Crippen LogP contribution is -2.28. The number of ether oxygens (including phenoxy) is 1. The van der Waals surface area contributed by atoms with Crippen molar-refractivity contribution in [3.63, 3.8) is 0 Å². The molecule has 0 aromatic heterocycles. The van der Waals surface area contributed by atoms with Crippen molar-refractivity contribution < 1.29 is 19.1 Å². The maximum Gasteiger partial charge on any atom is 0.311 e. The molecule has 1 N–H and O–H groups in total. The number of anilines is 2. The molecular formula is C22H22BrClN2O4. The molecule has 3 rings (SSSR count). The summed E-state index contributed by atoms with van der Waals surface area (Å²) in [6.07, 6.45) is 0.0647. The van der Waals surface area contributed by atoms with E-state index in [9.17, 15) is 14.4 Å². The van der Waals surface area contributed by atoms with Crippen LogP contribution < -0.4 is 10.2 Å². The Labute approximate surface area is 188 Å². The summed E-state index contributed by atoms with van der Waals surface area (Å²) in [5.74, 6) is -1.76. The lowest BCUT2D eigenvalue weighted by Gasteiger charge is -2.20. The van der Waals surface area contributed by atoms with Gasteiger partial charge in [0.15, 0.2) is 6.61 Å². The fraction of sp³-hybridized carbons (Fsp3) is 0.318. The monoisotopic (exact) mass is 492 g/mol. The van der Waals surface area contributed by atoms with E-state index in [0.29, 0.717) is 16.3 Å². The lowest BCUT2D eigenvalue weighted by atomic mass is 10.1. The number of aryl methyl sites for hydroxylation is 1. The molecule has 2 aromatic carbocycles. The molecule has 1 atom stereocenters. The van der Waals surface area contributed by atoms with E-state index in [1.807, 2.05) is 32.0 Å². The zero-order chi connectivity index (χ0) is 22.0. The van der Waals surface area contributed by atoms with Crippen LogP contribution in [0.15, 0.2) is 34.8 Å². The first-order chi connectivity index (χ1) is 14.2. The first-order valence-electron chi connectivity index (χ1n) is 9.46. The number of nitrogens with zero attached hydrogens (tertiary/aromatic N) is 1. The van der Waals surface area contributed by atoms with Gasteiger partial charge in [0, 0.05) is 28.8 Å². The van der Waals surface area contributed by atoms with Gasteiger partial charge in [-0.3, -0.25) is 14.4 Å². The zero-order valence-corrected chi connectivity index (χ0v) is 19.3. The second kappa shape index (κ2) is 9.18. The average molecular weight is 494 g/mol. The second-order valence-electron chi connectivity index (χ2n) is 7.31. The van der Waals surface area contributed by atoms with Gasteiger partial charge in [-0.05, 0) is 71.6 Å². The van der Waals surface area contributed by atoms with Crippen LogP contribution in [0, 0.1) is 26.7 Å². The molecule has 1 saturated heterocycles. The minimum Gasteiger partial charge on any atom is -0.455 e. The zero-order valence-electron chi connectivity index (χ0n) is 16.9. The molecule has 0 spiro atoms. The predicted octanol–water partition coefficient (Wildman–Crippen LogP) is 4.56. The molecule has 0 aliphatic carbocycles. The molecular weight excluding hydrogens is 472 g/mol. The van der Waals surface area contributed by atoms with E-state index in [0.717, 1.165) is 21.3 Å².